The highest BCUT2D eigenvalue weighted by Gasteiger charge is 2.66. The molecule has 498 valence electrons. The van der Waals surface area contributed by atoms with Crippen LogP contribution in [0.15, 0.2) is 97.6 Å². The number of nitrogens with two attached hydrogens (primary N) is 2. The molecule has 0 unspecified atom stereocenters. The fourth-order valence-corrected chi connectivity index (χ4v) is 13.6. The van der Waals surface area contributed by atoms with Crippen LogP contribution in [0, 0.1) is 34.5 Å². The van der Waals surface area contributed by atoms with Crippen molar-refractivity contribution in [2.45, 2.75) is 160 Å². The number of hydrogen-bond acceptors (Lipinski definition) is 25. The molecule has 12 atom stereocenters. The average molecular weight is 1320 g/mol. The van der Waals surface area contributed by atoms with Crippen molar-refractivity contribution in [1.82, 2.24) is 39.4 Å². The predicted molar refractivity (Wildman–Crippen MR) is 332 cm³/mol. The highest BCUT2D eigenvalue weighted by atomic mass is 31.2. The van der Waals surface area contributed by atoms with Crippen LogP contribution in [0.1, 0.15) is 105 Å². The lowest BCUT2D eigenvalue weighted by Crippen LogP contribution is -2.41. The number of aromatic nitrogens is 6. The number of nitriles is 2. The summed E-state index contributed by atoms with van der Waals surface area (Å²) in [6.07, 6.45) is 1.01. The van der Waals surface area contributed by atoms with Gasteiger partial charge in [0.2, 0.25) is 11.2 Å². The molecule has 0 radical (unpaired) electrons. The van der Waals surface area contributed by atoms with Gasteiger partial charge in [-0.05, 0) is 101 Å². The van der Waals surface area contributed by atoms with E-state index in [-0.39, 0.29) is 60.5 Å². The zero-order chi connectivity index (χ0) is 66.4. The maximum atomic E-state index is 14.2. The van der Waals surface area contributed by atoms with Crippen LogP contribution >= 0.6 is 15.5 Å². The SMILES string of the molecule is C1CCOC1.CCC(CC)COC(=O)[C@H](C)N[P@](=O)(OC[C@H]1O[C@@](C#N)(c2ccc3c(N)ncnn23)[C@@H]2OC(C)(C)O[C@@H]21)Oc1ccccc1.CCC(CC)COC(=O)[C@H](C)N[P@](=O)(OC[C@H]1O[C@@](C#N)(c2ccc3c(N)ncnn23)[C@H](O)[C@@H]1O)Oc1ccccc1. The second-order valence-corrected chi connectivity index (χ2v) is 26.2. The summed E-state index contributed by atoms with van der Waals surface area (Å²) in [4.78, 5) is 33.4. The minimum Gasteiger partial charge on any atom is -0.464 e. The topological polar surface area (TPSA) is 394 Å². The van der Waals surface area contributed by atoms with Gasteiger partial charge in [0.05, 0.1) is 37.8 Å². The number of nitrogens with one attached hydrogen (secondary N) is 2. The van der Waals surface area contributed by atoms with Crippen LogP contribution in [0.2, 0.25) is 0 Å². The highest BCUT2D eigenvalue weighted by Crippen LogP contribution is 2.52. The molecule has 4 fully saturated rings. The number of hydrogen-bond donors (Lipinski definition) is 6. The number of carbonyl (C=O) groups is 2. The van der Waals surface area contributed by atoms with E-state index in [1.807, 2.05) is 33.8 Å². The molecule has 8 N–H and O–H groups in total. The van der Waals surface area contributed by atoms with Crippen molar-refractivity contribution in [3.63, 3.8) is 0 Å². The highest BCUT2D eigenvalue weighted by molar-refractivity contribution is 7.52. The molecule has 29 nitrogen and oxygen atoms in total. The maximum Gasteiger partial charge on any atom is 0.459 e. The Morgan fingerprint density at radius 1 is 0.663 bits per heavy atom. The largest absolute Gasteiger partial charge is 0.464 e. The smallest absolute Gasteiger partial charge is 0.459 e. The number of para-hydroxylation sites is 2. The van der Waals surface area contributed by atoms with Crippen LogP contribution in [0.25, 0.3) is 11.0 Å². The molecule has 4 aliphatic heterocycles. The number of aliphatic hydroxyl groups excluding tert-OH is 2. The van der Waals surface area contributed by atoms with Crippen LogP contribution in [0.3, 0.4) is 0 Å². The third-order valence-corrected chi connectivity index (χ3v) is 19.3. The van der Waals surface area contributed by atoms with E-state index < -0.39 is 99.7 Å². The molecule has 0 spiro atoms. The molecular weight excluding hydrogens is 1230 g/mol. The molecule has 92 heavy (non-hydrogen) atoms. The molecule has 2 aromatic carbocycles. The molecule has 0 aliphatic carbocycles. The van der Waals surface area contributed by atoms with Crippen molar-refractivity contribution in [2.75, 3.05) is 51.1 Å². The first-order valence-electron chi connectivity index (χ1n) is 30.5. The lowest BCUT2D eigenvalue weighted by Gasteiger charge is -2.29. The van der Waals surface area contributed by atoms with Crippen LogP contribution in [0.4, 0.5) is 11.6 Å². The van der Waals surface area contributed by atoms with Crippen molar-refractivity contribution >= 4 is 50.1 Å². The zero-order valence-electron chi connectivity index (χ0n) is 52.6. The maximum absolute atomic E-state index is 14.2. The second kappa shape index (κ2) is 31.2. The fraction of sp³-hybridized carbons (Fsp3) is 0.541. The van der Waals surface area contributed by atoms with E-state index in [1.165, 1.54) is 54.4 Å². The van der Waals surface area contributed by atoms with E-state index in [4.69, 9.17) is 62.7 Å². The Balaban J connectivity index is 0.000000220. The Labute approximate surface area is 533 Å². The van der Waals surface area contributed by atoms with Gasteiger partial charge in [0, 0.05) is 13.2 Å². The van der Waals surface area contributed by atoms with E-state index in [0.717, 1.165) is 38.9 Å². The molecule has 0 bridgehead atoms. The van der Waals surface area contributed by atoms with E-state index in [1.54, 1.807) is 92.7 Å². The summed E-state index contributed by atoms with van der Waals surface area (Å²) in [5, 5.41) is 56.3. The van der Waals surface area contributed by atoms with Gasteiger partial charge >= 0.3 is 27.4 Å². The van der Waals surface area contributed by atoms with Gasteiger partial charge in [0.1, 0.15) is 96.0 Å². The summed E-state index contributed by atoms with van der Waals surface area (Å²) in [5.74, 6) is -1.12. The molecule has 0 amide bonds. The number of carbonyl (C=O) groups excluding carboxylic acids is 2. The minimum atomic E-state index is -4.32. The van der Waals surface area contributed by atoms with Gasteiger partial charge in [-0.2, -0.15) is 30.9 Å². The molecule has 0 saturated carbocycles. The molecule has 8 heterocycles. The van der Waals surface area contributed by atoms with Crippen molar-refractivity contribution < 1.29 is 80.2 Å². The van der Waals surface area contributed by atoms with Crippen molar-refractivity contribution in [2.24, 2.45) is 11.8 Å². The minimum absolute atomic E-state index is 0.0961. The zero-order valence-corrected chi connectivity index (χ0v) is 54.4. The summed E-state index contributed by atoms with van der Waals surface area (Å²) in [7, 11) is -8.56. The Hall–Kier alpha value is -7.18. The molecule has 6 aromatic rings. The first kappa shape index (κ1) is 70.7. The molecule has 10 rings (SSSR count). The number of aliphatic hydroxyl groups is 2. The van der Waals surface area contributed by atoms with Gasteiger partial charge in [-0.25, -0.2) is 28.1 Å². The summed E-state index contributed by atoms with van der Waals surface area (Å²) in [5.41, 5.74) is 9.45. The van der Waals surface area contributed by atoms with Gasteiger partial charge in [0.15, 0.2) is 17.4 Å². The quantitative estimate of drug-likeness (QED) is 0.0230. The standard InChI is InChI=1S/C30H39N6O8P.C27H35N6O8P.C4H8O/c1-6-20(7-2)15-39-28(37)19(3)35-45(38,44-21-11-9-8-10-12-21)40-16-23-25-26(43-29(4,5)42-25)30(17-31,41-23)24-14-13-22-27(32)33-18-34-36(22)24;1-4-18(5-2)13-38-26(36)17(3)32-42(37,41-19-9-7-6-8-10-19)39-14-21-23(34)24(35)27(15-28,40-21)22-12-11-20-25(29)30-16-31-33(20)22;1-2-4-5-3-1/h8-14,18-20,23,25-26H,6-7,15-16H2,1-5H3,(H,35,38)(H2,32,33,34);6-12,16-18,21,23-24,34-35H,4-5,13-14H2,1-3H3,(H,32,37)(H2,29,30,31);1-4H2/t19-,23+,25+,26+,30-,45-;17-,21+,23+,24+,27-,42-;/m00./s1. The Kier molecular flexibility index (Phi) is 23.9. The Morgan fingerprint density at radius 2 is 1.10 bits per heavy atom. The number of fused-ring (bicyclic) bond motifs is 3. The van der Waals surface area contributed by atoms with Gasteiger partial charge in [-0.15, -0.1) is 0 Å². The van der Waals surface area contributed by atoms with Crippen LogP contribution in [-0.2, 0) is 72.1 Å². The van der Waals surface area contributed by atoms with Crippen molar-refractivity contribution in [3.8, 4) is 23.6 Å². The second-order valence-electron chi connectivity index (χ2n) is 22.8. The Bertz CT molecular complexity index is 3590. The molecule has 4 aromatic heterocycles. The number of anilines is 2. The summed E-state index contributed by atoms with van der Waals surface area (Å²) >= 11 is 0. The third kappa shape index (κ3) is 16.4. The van der Waals surface area contributed by atoms with Gasteiger partial charge in [0.25, 0.3) is 0 Å². The van der Waals surface area contributed by atoms with Crippen LogP contribution < -0.4 is 30.7 Å². The Morgan fingerprint density at radius 3 is 1.52 bits per heavy atom. The summed E-state index contributed by atoms with van der Waals surface area (Å²) in [6, 6.07) is 25.0. The van der Waals surface area contributed by atoms with Crippen LogP contribution in [-0.4, -0.2) is 145 Å². The molecular formula is C61H82N12O17P2. The number of benzene rings is 2. The molecule has 4 aliphatic rings. The summed E-state index contributed by atoms with van der Waals surface area (Å²) < 4.78 is 94.4. The fourth-order valence-electron chi connectivity index (χ4n) is 10.6. The number of nitrogens with zero attached hydrogens (tertiary/aromatic N) is 8. The van der Waals surface area contributed by atoms with Crippen LogP contribution in [0.5, 0.6) is 11.5 Å². The van der Waals surface area contributed by atoms with E-state index >= 15 is 0 Å². The monoisotopic (exact) mass is 1320 g/mol. The van der Waals surface area contributed by atoms with Gasteiger partial charge < -0.3 is 63.9 Å². The molecule has 31 heteroatoms. The third-order valence-electron chi connectivity index (χ3n) is 16.0. The number of rotatable bonds is 26. The van der Waals surface area contributed by atoms with Crippen molar-refractivity contribution in [3.05, 3.63) is 109 Å². The lowest BCUT2D eigenvalue weighted by atomic mass is 9.92. The van der Waals surface area contributed by atoms with E-state index in [0.29, 0.717) is 16.7 Å². The van der Waals surface area contributed by atoms with E-state index in [9.17, 15) is 39.5 Å². The lowest BCUT2D eigenvalue weighted by molar-refractivity contribution is -0.204. The summed E-state index contributed by atoms with van der Waals surface area (Å²) in [6.45, 7) is 16.0. The van der Waals surface area contributed by atoms with E-state index in [2.05, 4.69) is 36.4 Å². The average Bonchev–Trinajstić information content (AvgIpc) is 1.56. The first-order chi connectivity index (χ1) is 44.0. The first-order valence-corrected chi connectivity index (χ1v) is 33.6. The number of nitrogen functional groups attached to an aromatic ring is 2. The van der Waals surface area contributed by atoms with Crippen molar-refractivity contribution in [1.29, 1.82) is 10.5 Å². The molecule has 4 saturated heterocycles. The number of ether oxygens (including phenoxy) is 7. The van der Waals surface area contributed by atoms with Gasteiger partial charge in [-0.3, -0.25) is 18.6 Å². The predicted octanol–water partition coefficient (Wildman–Crippen LogP) is 7.22. The van der Waals surface area contributed by atoms with Gasteiger partial charge in [-0.1, -0.05) is 89.8 Å². The normalized spacial score (nSPS) is 25.0. The number of esters is 2.